The number of rotatable bonds is 4. The molecule has 1 fully saturated rings. The first kappa shape index (κ1) is 11.6. The molecular weight excluding hydrogens is 200 g/mol. The van der Waals surface area contributed by atoms with E-state index in [1.54, 1.807) is 0 Å². The summed E-state index contributed by atoms with van der Waals surface area (Å²) in [5.41, 5.74) is 1.32. The summed E-state index contributed by atoms with van der Waals surface area (Å²) < 4.78 is 1.87. The molecule has 0 spiro atoms. The average molecular weight is 222 g/mol. The van der Waals surface area contributed by atoms with E-state index in [2.05, 4.69) is 28.6 Å². The zero-order chi connectivity index (χ0) is 11.4. The quantitative estimate of drug-likeness (QED) is 0.812. The fourth-order valence-corrected chi connectivity index (χ4v) is 2.23. The number of aryl methyl sites for hydroxylation is 1. The van der Waals surface area contributed by atoms with Crippen molar-refractivity contribution in [1.29, 1.82) is 0 Å². The lowest BCUT2D eigenvalue weighted by atomic mass is 10.1. The van der Waals surface area contributed by atoms with E-state index in [1.807, 2.05) is 17.9 Å². The molecule has 1 saturated heterocycles. The van der Waals surface area contributed by atoms with Gasteiger partial charge in [-0.3, -0.25) is 4.68 Å². The summed E-state index contributed by atoms with van der Waals surface area (Å²) in [5.74, 6) is 0. The van der Waals surface area contributed by atoms with Crippen molar-refractivity contribution in [3.8, 4) is 0 Å². The summed E-state index contributed by atoms with van der Waals surface area (Å²) in [6.45, 7) is 3.52. The number of nitrogens with zero attached hydrogens (tertiary/aromatic N) is 3. The van der Waals surface area contributed by atoms with Gasteiger partial charge in [-0.1, -0.05) is 0 Å². The highest BCUT2D eigenvalue weighted by Crippen LogP contribution is 2.08. The van der Waals surface area contributed by atoms with Crippen molar-refractivity contribution in [3.05, 3.63) is 18.0 Å². The Kier molecular flexibility index (Phi) is 3.96. The van der Waals surface area contributed by atoms with Gasteiger partial charge in [-0.2, -0.15) is 5.10 Å². The van der Waals surface area contributed by atoms with Gasteiger partial charge in [0, 0.05) is 19.3 Å². The van der Waals surface area contributed by atoms with Gasteiger partial charge in [-0.25, -0.2) is 0 Å². The normalized spacial score (nSPS) is 19.1. The number of hydrogen-bond acceptors (Lipinski definition) is 3. The molecule has 4 nitrogen and oxygen atoms in total. The fraction of sp³-hybridized carbons (Fsp3) is 0.750. The molecule has 2 heterocycles. The molecule has 0 aliphatic carbocycles. The molecule has 0 unspecified atom stereocenters. The van der Waals surface area contributed by atoms with Crippen LogP contribution in [-0.4, -0.2) is 47.4 Å². The Labute approximate surface area is 97.6 Å². The lowest BCUT2D eigenvalue weighted by molar-refractivity contribution is 0.235. The highest BCUT2D eigenvalue weighted by Gasteiger charge is 2.15. The molecule has 16 heavy (non-hydrogen) atoms. The predicted octanol–water partition coefficient (Wildman–Crippen LogP) is 0.646. The van der Waals surface area contributed by atoms with E-state index in [1.165, 1.54) is 31.5 Å². The molecule has 1 aromatic heterocycles. The summed E-state index contributed by atoms with van der Waals surface area (Å²) in [7, 11) is 4.17. The fourth-order valence-electron chi connectivity index (χ4n) is 2.23. The van der Waals surface area contributed by atoms with Crippen LogP contribution in [0.2, 0.25) is 0 Å². The SMILES string of the molecule is CN1CCC(NCCc2cnn(C)c2)CC1. The summed E-state index contributed by atoms with van der Waals surface area (Å²) >= 11 is 0. The summed E-state index contributed by atoms with van der Waals surface area (Å²) in [6.07, 6.45) is 7.69. The van der Waals surface area contributed by atoms with Crippen LogP contribution in [0.5, 0.6) is 0 Å². The standard InChI is InChI=1S/C12H22N4/c1-15-7-4-12(5-8-15)13-6-3-11-9-14-16(2)10-11/h9-10,12-13H,3-8H2,1-2H3. The molecule has 0 radical (unpaired) electrons. The van der Waals surface area contributed by atoms with E-state index in [0.717, 1.165) is 13.0 Å². The maximum Gasteiger partial charge on any atom is 0.0522 e. The highest BCUT2D eigenvalue weighted by atomic mass is 15.2. The second-order valence-corrected chi connectivity index (χ2v) is 4.80. The van der Waals surface area contributed by atoms with Crippen molar-refractivity contribution in [1.82, 2.24) is 20.0 Å². The largest absolute Gasteiger partial charge is 0.314 e. The van der Waals surface area contributed by atoms with Crippen molar-refractivity contribution in [2.24, 2.45) is 7.05 Å². The van der Waals surface area contributed by atoms with Crippen LogP contribution in [0.25, 0.3) is 0 Å². The smallest absolute Gasteiger partial charge is 0.0522 e. The van der Waals surface area contributed by atoms with Crippen LogP contribution >= 0.6 is 0 Å². The Balaban J connectivity index is 1.64. The molecule has 4 heteroatoms. The van der Waals surface area contributed by atoms with Crippen LogP contribution in [0.15, 0.2) is 12.4 Å². The Morgan fingerprint density at radius 1 is 1.38 bits per heavy atom. The van der Waals surface area contributed by atoms with Gasteiger partial charge in [0.1, 0.15) is 0 Å². The molecule has 0 amide bonds. The molecule has 0 saturated carbocycles. The van der Waals surface area contributed by atoms with Gasteiger partial charge in [0.2, 0.25) is 0 Å². The number of hydrogen-bond donors (Lipinski definition) is 1. The van der Waals surface area contributed by atoms with E-state index in [4.69, 9.17) is 0 Å². The molecular formula is C12H22N4. The van der Waals surface area contributed by atoms with Gasteiger partial charge in [0.25, 0.3) is 0 Å². The first-order valence-corrected chi connectivity index (χ1v) is 6.13. The van der Waals surface area contributed by atoms with Crippen LogP contribution in [0.3, 0.4) is 0 Å². The molecule has 1 aromatic rings. The monoisotopic (exact) mass is 222 g/mol. The highest BCUT2D eigenvalue weighted by molar-refractivity contribution is 5.03. The first-order valence-electron chi connectivity index (χ1n) is 6.13. The average Bonchev–Trinajstić information content (AvgIpc) is 2.67. The molecule has 1 N–H and O–H groups in total. The van der Waals surface area contributed by atoms with Crippen molar-refractivity contribution < 1.29 is 0 Å². The van der Waals surface area contributed by atoms with Gasteiger partial charge in [-0.05, 0) is 51.5 Å². The van der Waals surface area contributed by atoms with Gasteiger partial charge in [0.05, 0.1) is 6.20 Å². The molecule has 1 aliphatic heterocycles. The number of likely N-dealkylation sites (tertiary alicyclic amines) is 1. The Morgan fingerprint density at radius 2 is 2.12 bits per heavy atom. The van der Waals surface area contributed by atoms with Gasteiger partial charge in [-0.15, -0.1) is 0 Å². The van der Waals surface area contributed by atoms with E-state index in [9.17, 15) is 0 Å². The van der Waals surface area contributed by atoms with Crippen molar-refractivity contribution in [3.63, 3.8) is 0 Å². The molecule has 0 atom stereocenters. The van der Waals surface area contributed by atoms with Gasteiger partial charge in [0.15, 0.2) is 0 Å². The minimum atomic E-state index is 0.716. The minimum absolute atomic E-state index is 0.716. The molecule has 1 aliphatic rings. The van der Waals surface area contributed by atoms with Crippen molar-refractivity contribution in [2.75, 3.05) is 26.7 Å². The Bertz CT molecular complexity index is 313. The van der Waals surface area contributed by atoms with Crippen molar-refractivity contribution in [2.45, 2.75) is 25.3 Å². The lowest BCUT2D eigenvalue weighted by Gasteiger charge is -2.29. The van der Waals surface area contributed by atoms with Crippen LogP contribution < -0.4 is 5.32 Å². The lowest BCUT2D eigenvalue weighted by Crippen LogP contribution is -2.41. The molecule has 0 aromatic carbocycles. The van der Waals surface area contributed by atoms with Crippen molar-refractivity contribution >= 4 is 0 Å². The van der Waals surface area contributed by atoms with E-state index in [0.29, 0.717) is 6.04 Å². The summed E-state index contributed by atoms with van der Waals surface area (Å²) in [5, 5.41) is 7.81. The van der Waals surface area contributed by atoms with E-state index in [-0.39, 0.29) is 0 Å². The van der Waals surface area contributed by atoms with Gasteiger partial charge < -0.3 is 10.2 Å². The number of nitrogens with one attached hydrogen (secondary N) is 1. The van der Waals surface area contributed by atoms with Crippen LogP contribution in [0.4, 0.5) is 0 Å². The van der Waals surface area contributed by atoms with Crippen LogP contribution in [-0.2, 0) is 13.5 Å². The van der Waals surface area contributed by atoms with E-state index >= 15 is 0 Å². The molecule has 0 bridgehead atoms. The molecule has 2 rings (SSSR count). The third kappa shape index (κ3) is 3.32. The topological polar surface area (TPSA) is 33.1 Å². The maximum absolute atomic E-state index is 4.17. The second-order valence-electron chi connectivity index (χ2n) is 4.80. The zero-order valence-electron chi connectivity index (χ0n) is 10.3. The van der Waals surface area contributed by atoms with Crippen LogP contribution in [0, 0.1) is 0 Å². The Morgan fingerprint density at radius 3 is 2.75 bits per heavy atom. The van der Waals surface area contributed by atoms with Crippen LogP contribution in [0.1, 0.15) is 18.4 Å². The summed E-state index contributed by atoms with van der Waals surface area (Å²) in [6, 6.07) is 0.716. The minimum Gasteiger partial charge on any atom is -0.314 e. The molecule has 90 valence electrons. The number of aromatic nitrogens is 2. The third-order valence-electron chi connectivity index (χ3n) is 3.32. The number of piperidine rings is 1. The second kappa shape index (κ2) is 5.46. The maximum atomic E-state index is 4.17. The summed E-state index contributed by atoms with van der Waals surface area (Å²) in [4.78, 5) is 2.40. The third-order valence-corrected chi connectivity index (χ3v) is 3.32. The van der Waals surface area contributed by atoms with Gasteiger partial charge >= 0.3 is 0 Å². The van der Waals surface area contributed by atoms with E-state index < -0.39 is 0 Å². The first-order chi connectivity index (χ1) is 7.74. The zero-order valence-corrected chi connectivity index (χ0v) is 10.3. The predicted molar refractivity (Wildman–Crippen MR) is 65.4 cm³/mol. The Hall–Kier alpha value is -0.870.